The van der Waals surface area contributed by atoms with E-state index in [1.54, 1.807) is 16.7 Å². The normalized spacial score (nSPS) is 14.3. The van der Waals surface area contributed by atoms with E-state index >= 15 is 0 Å². The highest BCUT2D eigenvalue weighted by Crippen LogP contribution is 2.32. The van der Waals surface area contributed by atoms with Crippen molar-refractivity contribution in [2.75, 3.05) is 7.05 Å². The summed E-state index contributed by atoms with van der Waals surface area (Å²) in [6.45, 7) is 11.5. The number of hydrogen-bond acceptors (Lipinski definition) is 1. The molecule has 1 aromatic rings. The third-order valence-electron chi connectivity index (χ3n) is 4.52. The summed E-state index contributed by atoms with van der Waals surface area (Å²) in [5, 5.41) is 3.59. The van der Waals surface area contributed by atoms with E-state index in [1.807, 2.05) is 0 Å². The molecule has 0 aliphatic heterocycles. The van der Waals surface area contributed by atoms with E-state index in [4.69, 9.17) is 0 Å². The van der Waals surface area contributed by atoms with E-state index in [2.05, 4.69) is 59.1 Å². The summed E-state index contributed by atoms with van der Waals surface area (Å²) in [5.74, 6) is 0.688. The number of aryl methyl sites for hydroxylation is 3. The van der Waals surface area contributed by atoms with Crippen LogP contribution in [0, 0.1) is 5.92 Å². The maximum Gasteiger partial charge on any atom is 0.0348 e. The van der Waals surface area contributed by atoms with Gasteiger partial charge in [0.1, 0.15) is 0 Å². The standard InChI is InChI=1S/C19H33N/c1-7-11-14(5)19(20-6)18-16(9-3)12-15(8-2)13-17(18)10-4/h12-14,19-20H,7-11H2,1-6H3. The van der Waals surface area contributed by atoms with Crippen LogP contribution >= 0.6 is 0 Å². The van der Waals surface area contributed by atoms with Crippen molar-refractivity contribution in [1.82, 2.24) is 5.32 Å². The van der Waals surface area contributed by atoms with E-state index in [0.29, 0.717) is 12.0 Å². The molecule has 0 amide bonds. The summed E-state index contributed by atoms with van der Waals surface area (Å²) in [6.07, 6.45) is 5.94. The lowest BCUT2D eigenvalue weighted by Crippen LogP contribution is -2.26. The van der Waals surface area contributed by atoms with Crippen LogP contribution in [0.3, 0.4) is 0 Å². The number of rotatable bonds is 8. The third kappa shape index (κ3) is 3.85. The highest BCUT2D eigenvalue weighted by molar-refractivity contribution is 5.42. The highest BCUT2D eigenvalue weighted by atomic mass is 14.9. The average molecular weight is 275 g/mol. The quantitative estimate of drug-likeness (QED) is 0.698. The molecule has 0 aliphatic carbocycles. The molecule has 0 bridgehead atoms. The maximum absolute atomic E-state index is 3.59. The van der Waals surface area contributed by atoms with Crippen molar-refractivity contribution in [3.05, 3.63) is 34.4 Å². The predicted octanol–water partition coefficient (Wildman–Crippen LogP) is 5.07. The second-order valence-electron chi connectivity index (χ2n) is 5.92. The minimum absolute atomic E-state index is 0.491. The first-order valence-corrected chi connectivity index (χ1v) is 8.44. The smallest absolute Gasteiger partial charge is 0.0348 e. The molecule has 0 aromatic heterocycles. The zero-order valence-corrected chi connectivity index (χ0v) is 14.3. The minimum atomic E-state index is 0.491. The molecule has 1 nitrogen and oxygen atoms in total. The Bertz CT molecular complexity index is 383. The Hall–Kier alpha value is -0.820. The molecule has 2 atom stereocenters. The zero-order valence-electron chi connectivity index (χ0n) is 14.3. The van der Waals surface area contributed by atoms with Gasteiger partial charge in [-0.15, -0.1) is 0 Å². The molecule has 0 radical (unpaired) electrons. The summed E-state index contributed by atoms with van der Waals surface area (Å²) in [7, 11) is 2.11. The Morgan fingerprint density at radius 2 is 1.50 bits per heavy atom. The van der Waals surface area contributed by atoms with E-state index in [9.17, 15) is 0 Å². The van der Waals surface area contributed by atoms with E-state index in [1.165, 1.54) is 18.4 Å². The molecule has 1 aromatic carbocycles. The van der Waals surface area contributed by atoms with Crippen LogP contribution in [0.15, 0.2) is 12.1 Å². The van der Waals surface area contributed by atoms with Gasteiger partial charge in [0, 0.05) is 6.04 Å². The van der Waals surface area contributed by atoms with Gasteiger partial charge in [0.2, 0.25) is 0 Å². The van der Waals surface area contributed by atoms with Gasteiger partial charge in [-0.2, -0.15) is 0 Å². The van der Waals surface area contributed by atoms with Crippen molar-refractivity contribution in [3.8, 4) is 0 Å². The fourth-order valence-electron chi connectivity index (χ4n) is 3.37. The lowest BCUT2D eigenvalue weighted by atomic mass is 9.83. The average Bonchev–Trinajstić information content (AvgIpc) is 2.48. The maximum atomic E-state index is 3.59. The van der Waals surface area contributed by atoms with Crippen LogP contribution < -0.4 is 5.32 Å². The lowest BCUT2D eigenvalue weighted by molar-refractivity contribution is 0.380. The zero-order chi connectivity index (χ0) is 15.1. The Balaban J connectivity index is 3.31. The third-order valence-corrected chi connectivity index (χ3v) is 4.52. The molecule has 1 heteroatoms. The second kappa shape index (κ2) is 8.46. The van der Waals surface area contributed by atoms with Crippen molar-refractivity contribution < 1.29 is 0 Å². The van der Waals surface area contributed by atoms with Crippen LogP contribution in [-0.2, 0) is 19.3 Å². The van der Waals surface area contributed by atoms with Crippen molar-refractivity contribution in [2.24, 2.45) is 5.92 Å². The minimum Gasteiger partial charge on any atom is -0.313 e. The number of benzene rings is 1. The summed E-state index contributed by atoms with van der Waals surface area (Å²) < 4.78 is 0. The molecular weight excluding hydrogens is 242 g/mol. The van der Waals surface area contributed by atoms with Crippen LogP contribution in [0.2, 0.25) is 0 Å². The number of hydrogen-bond donors (Lipinski definition) is 1. The van der Waals surface area contributed by atoms with Crippen molar-refractivity contribution in [3.63, 3.8) is 0 Å². The van der Waals surface area contributed by atoms with Crippen LogP contribution in [0.1, 0.15) is 75.8 Å². The van der Waals surface area contributed by atoms with Crippen LogP contribution in [0.5, 0.6) is 0 Å². The molecule has 2 unspecified atom stereocenters. The molecule has 0 saturated carbocycles. The predicted molar refractivity (Wildman–Crippen MR) is 90.4 cm³/mol. The van der Waals surface area contributed by atoms with E-state index in [0.717, 1.165) is 19.3 Å². The first kappa shape index (κ1) is 17.2. The highest BCUT2D eigenvalue weighted by Gasteiger charge is 2.22. The monoisotopic (exact) mass is 275 g/mol. The molecule has 0 saturated heterocycles. The van der Waals surface area contributed by atoms with Crippen LogP contribution in [0.25, 0.3) is 0 Å². The fourth-order valence-corrected chi connectivity index (χ4v) is 3.37. The second-order valence-corrected chi connectivity index (χ2v) is 5.92. The molecule has 114 valence electrons. The first-order valence-electron chi connectivity index (χ1n) is 8.44. The molecular formula is C19H33N. The molecule has 1 N–H and O–H groups in total. The summed E-state index contributed by atoms with van der Waals surface area (Å²) in [5.41, 5.74) is 6.16. The molecule has 20 heavy (non-hydrogen) atoms. The lowest BCUT2D eigenvalue weighted by Gasteiger charge is -2.29. The van der Waals surface area contributed by atoms with E-state index < -0.39 is 0 Å². The van der Waals surface area contributed by atoms with Gasteiger partial charge >= 0.3 is 0 Å². The molecule has 1 rings (SSSR count). The van der Waals surface area contributed by atoms with Gasteiger partial charge in [0.25, 0.3) is 0 Å². The van der Waals surface area contributed by atoms with Crippen molar-refractivity contribution in [2.45, 2.75) is 72.8 Å². The fraction of sp³-hybridized carbons (Fsp3) is 0.684. The number of nitrogens with one attached hydrogen (secondary N) is 1. The molecule has 0 aliphatic rings. The summed E-state index contributed by atoms with van der Waals surface area (Å²) in [4.78, 5) is 0. The molecule has 0 spiro atoms. The Labute approximate surface area is 126 Å². The van der Waals surface area contributed by atoms with Crippen LogP contribution in [0.4, 0.5) is 0 Å². The van der Waals surface area contributed by atoms with Crippen molar-refractivity contribution in [1.29, 1.82) is 0 Å². The van der Waals surface area contributed by atoms with E-state index in [-0.39, 0.29) is 0 Å². The van der Waals surface area contributed by atoms with Gasteiger partial charge < -0.3 is 5.32 Å². The van der Waals surface area contributed by atoms with Gasteiger partial charge in [0.15, 0.2) is 0 Å². The van der Waals surface area contributed by atoms with Crippen LogP contribution in [-0.4, -0.2) is 7.05 Å². The van der Waals surface area contributed by atoms with Crippen molar-refractivity contribution >= 4 is 0 Å². The van der Waals surface area contributed by atoms with Gasteiger partial charge in [0.05, 0.1) is 0 Å². The molecule has 0 heterocycles. The Kier molecular flexibility index (Phi) is 7.29. The Morgan fingerprint density at radius 1 is 0.950 bits per heavy atom. The summed E-state index contributed by atoms with van der Waals surface area (Å²) in [6, 6.07) is 5.35. The topological polar surface area (TPSA) is 12.0 Å². The SMILES string of the molecule is CCCC(C)C(NC)c1c(CC)cc(CC)cc1CC. The van der Waals surface area contributed by atoms with Gasteiger partial charge in [-0.3, -0.25) is 0 Å². The molecule has 0 fully saturated rings. The first-order chi connectivity index (χ1) is 9.62. The Morgan fingerprint density at radius 3 is 1.85 bits per heavy atom. The van der Waals surface area contributed by atoms with Gasteiger partial charge in [-0.1, -0.05) is 53.2 Å². The largest absolute Gasteiger partial charge is 0.313 e. The summed E-state index contributed by atoms with van der Waals surface area (Å²) >= 11 is 0. The van der Waals surface area contributed by atoms with Gasteiger partial charge in [-0.05, 0) is 60.9 Å². The van der Waals surface area contributed by atoms with Gasteiger partial charge in [-0.25, -0.2) is 0 Å².